The number of carbonyl (C=O) groups is 1. The topological polar surface area (TPSA) is 99.2 Å². The molecule has 1 heterocycles. The number of hydrogen-bond donors (Lipinski definition) is 2. The summed E-state index contributed by atoms with van der Waals surface area (Å²) in [5, 5.41) is 10.3. The molecule has 1 amide bonds. The molecule has 1 fully saturated rings. The van der Waals surface area contributed by atoms with E-state index in [9.17, 15) is 18.3 Å². The number of amides is 1. The Bertz CT molecular complexity index is 1230. The van der Waals surface area contributed by atoms with E-state index in [1.54, 1.807) is 23.1 Å². The first-order valence-corrected chi connectivity index (χ1v) is 15.6. The van der Waals surface area contributed by atoms with Gasteiger partial charge in [-0.3, -0.25) is 9.52 Å². The number of ether oxygens (including phenoxy) is 1. The lowest BCUT2D eigenvalue weighted by Gasteiger charge is -2.39. The third kappa shape index (κ3) is 7.25. The van der Waals surface area contributed by atoms with Crippen LogP contribution in [-0.4, -0.2) is 74.7 Å². The van der Waals surface area contributed by atoms with E-state index in [4.69, 9.17) is 16.3 Å². The number of hydrogen-bond acceptors (Lipinski definition) is 6. The number of benzene rings is 2. The number of para-hydroxylation sites is 1. The van der Waals surface area contributed by atoms with Crippen molar-refractivity contribution >= 4 is 33.2 Å². The summed E-state index contributed by atoms with van der Waals surface area (Å²) in [6.07, 6.45) is 6.02. The minimum absolute atomic E-state index is 0.0503. The molecule has 2 N–H and O–H groups in total. The van der Waals surface area contributed by atoms with Gasteiger partial charge in [-0.2, -0.15) is 0 Å². The molecule has 1 aliphatic heterocycles. The van der Waals surface area contributed by atoms with Gasteiger partial charge in [-0.15, -0.1) is 0 Å². The fraction of sp³-hybridized carbons (Fsp3) is 0.552. The molecule has 2 aliphatic rings. The van der Waals surface area contributed by atoms with Gasteiger partial charge in [-0.05, 0) is 69.1 Å². The van der Waals surface area contributed by atoms with E-state index < -0.39 is 16.1 Å². The lowest BCUT2D eigenvalue weighted by molar-refractivity contribution is 0.0333. The maximum atomic E-state index is 13.7. The highest BCUT2D eigenvalue weighted by Gasteiger charge is 2.35. The first-order valence-electron chi connectivity index (χ1n) is 13.8. The van der Waals surface area contributed by atoms with Crippen molar-refractivity contribution in [3.8, 4) is 5.75 Å². The number of halogens is 1. The highest BCUT2D eigenvalue weighted by molar-refractivity contribution is 7.92. The molecular weight excluding hydrogens is 538 g/mol. The predicted octanol–water partition coefficient (Wildman–Crippen LogP) is 4.87. The minimum atomic E-state index is -3.97. The lowest BCUT2D eigenvalue weighted by atomic mass is 9.89. The normalized spacial score (nSPS) is 21.6. The molecule has 39 heavy (non-hydrogen) atoms. The quantitative estimate of drug-likeness (QED) is 0.441. The molecule has 2 aromatic rings. The number of anilines is 1. The van der Waals surface area contributed by atoms with Crippen molar-refractivity contribution < 1.29 is 23.1 Å². The molecule has 2 aromatic carbocycles. The van der Waals surface area contributed by atoms with Crippen molar-refractivity contribution in [2.24, 2.45) is 11.8 Å². The Kier molecular flexibility index (Phi) is 9.80. The summed E-state index contributed by atoms with van der Waals surface area (Å²) in [6, 6.07) is 10.4. The Balaban J connectivity index is 1.68. The lowest BCUT2D eigenvalue weighted by Crippen LogP contribution is -2.50. The SMILES string of the molecule is C[C@H]1CN([C@@H](C)CO)C(=O)c2cccc(NS(=O)(=O)c3ccc(Cl)cc3)c2O[C@H]1CN(C)CC1CCCCC1. The number of aliphatic hydroxyl groups is 1. The van der Waals surface area contributed by atoms with Gasteiger partial charge in [0, 0.05) is 30.6 Å². The fourth-order valence-electron chi connectivity index (χ4n) is 5.55. The van der Waals surface area contributed by atoms with Gasteiger partial charge in [-0.1, -0.05) is 43.9 Å². The Hall–Kier alpha value is -2.33. The zero-order valence-corrected chi connectivity index (χ0v) is 24.5. The van der Waals surface area contributed by atoms with Gasteiger partial charge in [0.15, 0.2) is 5.75 Å². The third-order valence-electron chi connectivity index (χ3n) is 7.85. The summed E-state index contributed by atoms with van der Waals surface area (Å²) in [5.41, 5.74) is 0.458. The van der Waals surface area contributed by atoms with Crippen LogP contribution in [0, 0.1) is 11.8 Å². The molecule has 0 aromatic heterocycles. The van der Waals surface area contributed by atoms with Gasteiger partial charge >= 0.3 is 0 Å². The molecule has 0 saturated heterocycles. The van der Waals surface area contributed by atoms with Crippen LogP contribution in [0.15, 0.2) is 47.4 Å². The Morgan fingerprint density at radius 3 is 2.49 bits per heavy atom. The standard InChI is InChI=1S/C29H40ClN3O5S/c1-20-16-33(21(2)19-34)29(35)25-10-7-11-26(31-39(36,37)24-14-12-23(30)13-15-24)28(25)38-27(20)18-32(3)17-22-8-5-4-6-9-22/h7,10-15,20-22,27,31,34H,4-6,8-9,16-19H2,1-3H3/t20-,21-,27-/m0/s1. The van der Waals surface area contributed by atoms with Crippen LogP contribution >= 0.6 is 11.6 Å². The molecular formula is C29H40ClN3O5S. The monoisotopic (exact) mass is 577 g/mol. The minimum Gasteiger partial charge on any atom is -0.486 e. The number of nitrogens with one attached hydrogen (secondary N) is 1. The Labute approximate surface area is 237 Å². The van der Waals surface area contributed by atoms with Gasteiger partial charge in [0.05, 0.1) is 28.8 Å². The van der Waals surface area contributed by atoms with Crippen molar-refractivity contribution in [2.45, 2.75) is 63.0 Å². The number of aliphatic hydroxyl groups excluding tert-OH is 1. The maximum absolute atomic E-state index is 13.7. The molecule has 4 rings (SSSR count). The number of likely N-dealkylation sites (N-methyl/N-ethyl adjacent to an activating group) is 1. The van der Waals surface area contributed by atoms with Gasteiger partial charge < -0.3 is 19.6 Å². The van der Waals surface area contributed by atoms with Crippen LogP contribution in [0.25, 0.3) is 0 Å². The summed E-state index contributed by atoms with van der Waals surface area (Å²) in [4.78, 5) is 17.7. The van der Waals surface area contributed by atoms with Crippen molar-refractivity contribution in [2.75, 3.05) is 38.0 Å². The number of sulfonamides is 1. The molecule has 0 unspecified atom stereocenters. The first-order chi connectivity index (χ1) is 18.6. The van der Waals surface area contributed by atoms with Crippen molar-refractivity contribution in [3.63, 3.8) is 0 Å². The number of carbonyl (C=O) groups excluding carboxylic acids is 1. The first kappa shape index (κ1) is 29.6. The van der Waals surface area contributed by atoms with E-state index in [0.29, 0.717) is 24.0 Å². The number of nitrogens with zero attached hydrogens (tertiary/aromatic N) is 2. The van der Waals surface area contributed by atoms with Crippen LogP contribution in [0.3, 0.4) is 0 Å². The largest absolute Gasteiger partial charge is 0.486 e. The van der Waals surface area contributed by atoms with Crippen molar-refractivity contribution in [1.29, 1.82) is 0 Å². The maximum Gasteiger partial charge on any atom is 0.262 e. The van der Waals surface area contributed by atoms with E-state index in [0.717, 1.165) is 6.54 Å². The third-order valence-corrected chi connectivity index (χ3v) is 9.48. The van der Waals surface area contributed by atoms with Crippen LogP contribution in [0.4, 0.5) is 5.69 Å². The van der Waals surface area contributed by atoms with Crippen LogP contribution in [0.5, 0.6) is 5.75 Å². The molecule has 214 valence electrons. The van der Waals surface area contributed by atoms with Crippen LogP contribution in [-0.2, 0) is 10.0 Å². The summed E-state index contributed by atoms with van der Waals surface area (Å²) in [6.45, 7) is 5.69. The van der Waals surface area contributed by atoms with E-state index >= 15 is 0 Å². The average Bonchev–Trinajstić information content (AvgIpc) is 2.91. The van der Waals surface area contributed by atoms with Crippen molar-refractivity contribution in [1.82, 2.24) is 9.80 Å². The van der Waals surface area contributed by atoms with Crippen LogP contribution in [0.1, 0.15) is 56.3 Å². The molecule has 10 heteroatoms. The van der Waals surface area contributed by atoms with E-state index in [-0.39, 0.29) is 46.4 Å². The van der Waals surface area contributed by atoms with Gasteiger partial charge in [0.25, 0.3) is 15.9 Å². The predicted molar refractivity (Wildman–Crippen MR) is 154 cm³/mol. The second-order valence-corrected chi connectivity index (χ2v) is 13.2. The molecule has 1 aliphatic carbocycles. The summed E-state index contributed by atoms with van der Waals surface area (Å²) >= 11 is 5.95. The molecule has 1 saturated carbocycles. The number of rotatable bonds is 9. The van der Waals surface area contributed by atoms with Gasteiger partial charge in [0.2, 0.25) is 0 Å². The zero-order chi connectivity index (χ0) is 28.2. The zero-order valence-electron chi connectivity index (χ0n) is 23.0. The van der Waals surface area contributed by atoms with Crippen molar-refractivity contribution in [3.05, 3.63) is 53.1 Å². The second kappa shape index (κ2) is 12.9. The highest BCUT2D eigenvalue weighted by atomic mass is 35.5. The molecule has 0 bridgehead atoms. The Morgan fingerprint density at radius 1 is 1.13 bits per heavy atom. The van der Waals surface area contributed by atoms with E-state index in [2.05, 4.69) is 16.7 Å². The average molecular weight is 578 g/mol. The van der Waals surface area contributed by atoms with Crippen LogP contribution in [0.2, 0.25) is 5.02 Å². The van der Waals surface area contributed by atoms with Gasteiger partial charge in [-0.25, -0.2) is 8.42 Å². The van der Waals surface area contributed by atoms with Gasteiger partial charge in [0.1, 0.15) is 6.10 Å². The summed E-state index contributed by atoms with van der Waals surface area (Å²) in [7, 11) is -1.88. The molecule has 0 radical (unpaired) electrons. The summed E-state index contributed by atoms with van der Waals surface area (Å²) < 4.78 is 35.7. The molecule has 0 spiro atoms. The Morgan fingerprint density at radius 2 is 1.82 bits per heavy atom. The highest BCUT2D eigenvalue weighted by Crippen LogP contribution is 2.36. The summed E-state index contributed by atoms with van der Waals surface area (Å²) in [5.74, 6) is 0.498. The van der Waals surface area contributed by atoms with E-state index in [1.807, 2.05) is 13.8 Å². The van der Waals surface area contributed by atoms with Crippen LogP contribution < -0.4 is 9.46 Å². The second-order valence-electron chi connectivity index (χ2n) is 11.1. The number of fused-ring (bicyclic) bond motifs is 1. The van der Waals surface area contributed by atoms with E-state index in [1.165, 1.54) is 56.4 Å². The molecule has 3 atom stereocenters. The molecule has 8 nitrogen and oxygen atoms in total. The fourth-order valence-corrected chi connectivity index (χ4v) is 6.74. The smallest absolute Gasteiger partial charge is 0.262 e.